The van der Waals surface area contributed by atoms with Gasteiger partial charge in [-0.25, -0.2) is 17.8 Å². The number of sulfonamides is 1. The average molecular weight is 346 g/mol. The number of nitrogens with one attached hydrogen (secondary N) is 1. The maximum atomic E-state index is 12.3. The summed E-state index contributed by atoms with van der Waals surface area (Å²) in [6.45, 7) is 1.75. The maximum Gasteiger partial charge on any atom is 0.261 e. The molecule has 0 saturated carbocycles. The van der Waals surface area contributed by atoms with E-state index in [-0.39, 0.29) is 15.7 Å². The van der Waals surface area contributed by atoms with Crippen LogP contribution >= 0.6 is 15.9 Å². The summed E-state index contributed by atoms with van der Waals surface area (Å²) < 4.78 is 28.5. The summed E-state index contributed by atoms with van der Waals surface area (Å²) in [5, 5.41) is 7.31. The number of aromatic nitrogens is 4. The molecule has 0 bridgehead atoms. The first-order valence-corrected chi connectivity index (χ1v) is 7.67. The molecule has 0 aliphatic rings. The average Bonchev–Trinajstić information content (AvgIpc) is 2.70. The van der Waals surface area contributed by atoms with Crippen LogP contribution in [0.2, 0.25) is 0 Å². The Balaban J connectivity index is 2.28. The molecule has 102 valence electrons. The molecule has 0 saturated heterocycles. The highest BCUT2D eigenvalue weighted by Gasteiger charge is 2.25. The van der Waals surface area contributed by atoms with Gasteiger partial charge in [-0.3, -0.25) is 4.98 Å². The fourth-order valence-electron chi connectivity index (χ4n) is 1.62. The van der Waals surface area contributed by atoms with Gasteiger partial charge in [-0.2, -0.15) is 0 Å². The van der Waals surface area contributed by atoms with Crippen molar-refractivity contribution in [1.82, 2.24) is 24.7 Å². The molecule has 1 unspecified atom stereocenters. The molecule has 2 heterocycles. The molecule has 7 nitrogen and oxygen atoms in total. The molecule has 2 aromatic rings. The topological polar surface area (TPSA) is 89.8 Å². The third kappa shape index (κ3) is 2.99. The fraction of sp³-hybridized carbons (Fsp3) is 0.300. The number of hydrogen-bond acceptors (Lipinski definition) is 5. The minimum absolute atomic E-state index is 0.00611. The Labute approximate surface area is 119 Å². The Morgan fingerprint density at radius 1 is 1.37 bits per heavy atom. The van der Waals surface area contributed by atoms with Crippen molar-refractivity contribution in [3.8, 4) is 0 Å². The van der Waals surface area contributed by atoms with Gasteiger partial charge in [-0.1, -0.05) is 5.21 Å². The van der Waals surface area contributed by atoms with Crippen LogP contribution in [0.25, 0.3) is 0 Å². The first-order valence-electron chi connectivity index (χ1n) is 5.39. The molecular weight excluding hydrogens is 334 g/mol. The van der Waals surface area contributed by atoms with Crippen LogP contribution in [-0.4, -0.2) is 28.4 Å². The summed E-state index contributed by atoms with van der Waals surface area (Å²) in [4.78, 5) is 3.89. The number of rotatable bonds is 4. The van der Waals surface area contributed by atoms with Gasteiger partial charge in [0.2, 0.25) is 5.03 Å². The predicted molar refractivity (Wildman–Crippen MR) is 71.7 cm³/mol. The number of halogens is 1. The van der Waals surface area contributed by atoms with Crippen molar-refractivity contribution in [1.29, 1.82) is 0 Å². The van der Waals surface area contributed by atoms with E-state index in [4.69, 9.17) is 0 Å². The largest absolute Gasteiger partial charge is 0.265 e. The summed E-state index contributed by atoms with van der Waals surface area (Å²) in [5.74, 6) is 0. The third-order valence-electron chi connectivity index (χ3n) is 2.53. The SMILES string of the molecule is CC(NS(=O)(=O)c1c(Br)nnn1C)c1ccncc1. The van der Waals surface area contributed by atoms with Gasteiger partial charge in [0.1, 0.15) is 0 Å². The molecule has 0 aromatic carbocycles. The van der Waals surface area contributed by atoms with E-state index >= 15 is 0 Å². The van der Waals surface area contributed by atoms with E-state index in [0.717, 1.165) is 5.56 Å². The Morgan fingerprint density at radius 3 is 2.53 bits per heavy atom. The molecule has 1 atom stereocenters. The lowest BCUT2D eigenvalue weighted by Crippen LogP contribution is -2.28. The number of hydrogen-bond donors (Lipinski definition) is 1. The first-order chi connectivity index (χ1) is 8.92. The molecule has 9 heteroatoms. The molecular formula is C10H12BrN5O2S. The standard InChI is InChI=1S/C10H12BrN5O2S/c1-7(8-3-5-12-6-4-8)14-19(17,18)10-9(11)13-15-16(10)2/h3-7,14H,1-2H3. The van der Waals surface area contributed by atoms with Gasteiger partial charge in [0, 0.05) is 25.5 Å². The zero-order valence-electron chi connectivity index (χ0n) is 10.3. The van der Waals surface area contributed by atoms with Gasteiger partial charge in [-0.05, 0) is 40.5 Å². The number of pyridine rings is 1. The summed E-state index contributed by atoms with van der Waals surface area (Å²) in [6, 6.07) is 3.13. The van der Waals surface area contributed by atoms with Crippen LogP contribution in [0.5, 0.6) is 0 Å². The van der Waals surface area contributed by atoms with E-state index in [0.29, 0.717) is 0 Å². The minimum atomic E-state index is -3.70. The van der Waals surface area contributed by atoms with Crippen molar-refractivity contribution in [3.63, 3.8) is 0 Å². The molecule has 0 aliphatic heterocycles. The summed E-state index contributed by atoms with van der Waals surface area (Å²) in [7, 11) is -2.19. The number of nitrogens with zero attached hydrogens (tertiary/aromatic N) is 4. The van der Waals surface area contributed by atoms with Crippen molar-refractivity contribution in [2.45, 2.75) is 18.0 Å². The normalized spacial score (nSPS) is 13.4. The fourth-order valence-corrected chi connectivity index (χ4v) is 3.94. The molecule has 2 aromatic heterocycles. The second-order valence-corrected chi connectivity index (χ2v) is 6.31. The van der Waals surface area contributed by atoms with Gasteiger partial charge in [0.05, 0.1) is 0 Å². The third-order valence-corrected chi connectivity index (χ3v) is 4.96. The quantitative estimate of drug-likeness (QED) is 0.893. The molecule has 19 heavy (non-hydrogen) atoms. The van der Waals surface area contributed by atoms with E-state index in [1.54, 1.807) is 31.5 Å². The smallest absolute Gasteiger partial charge is 0.261 e. The van der Waals surface area contributed by atoms with E-state index in [9.17, 15) is 8.42 Å². The van der Waals surface area contributed by atoms with Crippen LogP contribution in [0.1, 0.15) is 18.5 Å². The van der Waals surface area contributed by atoms with Crippen molar-refractivity contribution < 1.29 is 8.42 Å². The van der Waals surface area contributed by atoms with E-state index < -0.39 is 10.0 Å². The Hall–Kier alpha value is -1.32. The van der Waals surface area contributed by atoms with Crippen LogP contribution in [0, 0.1) is 0 Å². The Bertz CT molecular complexity index is 651. The molecule has 1 N–H and O–H groups in total. The van der Waals surface area contributed by atoms with Crippen LogP contribution in [0.15, 0.2) is 34.2 Å². The lowest BCUT2D eigenvalue weighted by atomic mass is 10.1. The van der Waals surface area contributed by atoms with Crippen molar-refractivity contribution in [2.24, 2.45) is 7.05 Å². The van der Waals surface area contributed by atoms with Gasteiger partial charge in [0.15, 0.2) is 4.60 Å². The number of aryl methyl sites for hydroxylation is 1. The first kappa shape index (κ1) is 14.1. The lowest BCUT2D eigenvalue weighted by Gasteiger charge is -2.14. The highest BCUT2D eigenvalue weighted by Crippen LogP contribution is 2.20. The second-order valence-electron chi connectivity index (χ2n) is 3.93. The van der Waals surface area contributed by atoms with Crippen LogP contribution < -0.4 is 4.72 Å². The molecule has 0 fully saturated rings. The van der Waals surface area contributed by atoms with Gasteiger partial charge in [0.25, 0.3) is 10.0 Å². The monoisotopic (exact) mass is 345 g/mol. The van der Waals surface area contributed by atoms with E-state index in [2.05, 4.69) is 35.9 Å². The summed E-state index contributed by atoms with van der Waals surface area (Å²) >= 11 is 3.08. The van der Waals surface area contributed by atoms with Gasteiger partial charge < -0.3 is 0 Å². The van der Waals surface area contributed by atoms with Crippen LogP contribution in [0.4, 0.5) is 0 Å². The van der Waals surface area contributed by atoms with Crippen LogP contribution in [-0.2, 0) is 17.1 Å². The highest BCUT2D eigenvalue weighted by molar-refractivity contribution is 9.10. The van der Waals surface area contributed by atoms with Gasteiger partial charge in [-0.15, -0.1) is 5.10 Å². The van der Waals surface area contributed by atoms with Crippen molar-refractivity contribution in [2.75, 3.05) is 0 Å². The predicted octanol–water partition coefficient (Wildman–Crippen LogP) is 1.01. The molecule has 2 rings (SSSR count). The molecule has 0 amide bonds. The molecule has 0 spiro atoms. The Morgan fingerprint density at radius 2 is 2.00 bits per heavy atom. The van der Waals surface area contributed by atoms with Crippen LogP contribution in [0.3, 0.4) is 0 Å². The summed E-state index contributed by atoms with van der Waals surface area (Å²) in [5.41, 5.74) is 0.824. The van der Waals surface area contributed by atoms with Crippen molar-refractivity contribution >= 4 is 26.0 Å². The molecule has 0 radical (unpaired) electrons. The zero-order chi connectivity index (χ0) is 14.0. The Kier molecular flexibility index (Phi) is 3.97. The van der Waals surface area contributed by atoms with E-state index in [1.807, 2.05) is 0 Å². The molecule has 0 aliphatic carbocycles. The minimum Gasteiger partial charge on any atom is -0.265 e. The van der Waals surface area contributed by atoms with E-state index in [1.165, 1.54) is 11.7 Å². The zero-order valence-corrected chi connectivity index (χ0v) is 12.7. The highest BCUT2D eigenvalue weighted by atomic mass is 79.9. The summed E-state index contributed by atoms with van der Waals surface area (Å²) in [6.07, 6.45) is 3.23. The second kappa shape index (κ2) is 5.35. The lowest BCUT2D eigenvalue weighted by molar-refractivity contribution is 0.548. The maximum absolute atomic E-state index is 12.3. The van der Waals surface area contributed by atoms with Crippen molar-refractivity contribution in [3.05, 3.63) is 34.7 Å². The van der Waals surface area contributed by atoms with Gasteiger partial charge >= 0.3 is 0 Å².